The lowest BCUT2D eigenvalue weighted by molar-refractivity contribution is 0.190. The van der Waals surface area contributed by atoms with Crippen LogP contribution in [0.3, 0.4) is 0 Å². The van der Waals surface area contributed by atoms with Gasteiger partial charge in [-0.05, 0) is 42.9 Å². The van der Waals surface area contributed by atoms with Gasteiger partial charge in [-0.1, -0.05) is 19.3 Å². The Balaban J connectivity index is 1.69. The molecule has 3 aliphatic carbocycles. The molecule has 3 rings (SSSR count). The zero-order chi connectivity index (χ0) is 6.55. The summed E-state index contributed by atoms with van der Waals surface area (Å²) in [6.45, 7) is 0. The maximum atomic E-state index is 1.61. The molecule has 3 atom stereocenters. The van der Waals surface area contributed by atoms with Crippen LogP contribution in [-0.2, 0) is 0 Å². The van der Waals surface area contributed by atoms with Crippen LogP contribution in [0.25, 0.3) is 0 Å². The molecule has 0 aromatic heterocycles. The molecule has 3 saturated carbocycles. The molecule has 56 valence electrons. The first-order valence-electron chi connectivity index (χ1n) is 4.95. The molecule has 0 saturated heterocycles. The highest BCUT2D eigenvalue weighted by molar-refractivity contribution is 5.00. The molecule has 0 spiro atoms. The predicted octanol–water partition coefficient (Wildman–Crippen LogP) is 2.83. The van der Waals surface area contributed by atoms with Crippen molar-refractivity contribution in [1.82, 2.24) is 0 Å². The summed E-state index contributed by atoms with van der Waals surface area (Å²) in [7, 11) is 0. The van der Waals surface area contributed by atoms with Gasteiger partial charge in [0.05, 0.1) is 0 Å². The lowest BCUT2D eigenvalue weighted by Gasteiger charge is -2.32. The fraction of sp³-hybridized carbons (Fsp3) is 1.00. The van der Waals surface area contributed by atoms with Crippen molar-refractivity contribution in [2.24, 2.45) is 23.7 Å². The van der Waals surface area contributed by atoms with Crippen LogP contribution in [-0.4, -0.2) is 0 Å². The molecular formula is C10H16. The second-order valence-corrected chi connectivity index (χ2v) is 4.59. The van der Waals surface area contributed by atoms with Gasteiger partial charge in [-0.25, -0.2) is 0 Å². The summed E-state index contributed by atoms with van der Waals surface area (Å²) in [5.41, 5.74) is 0. The molecule has 0 aromatic rings. The van der Waals surface area contributed by atoms with Gasteiger partial charge >= 0.3 is 0 Å². The molecule has 0 radical (unpaired) electrons. The first-order chi connectivity index (χ1) is 4.95. The Morgan fingerprint density at radius 3 is 2.00 bits per heavy atom. The van der Waals surface area contributed by atoms with E-state index in [1.165, 1.54) is 23.7 Å². The highest BCUT2D eigenvalue weighted by Crippen LogP contribution is 2.60. The van der Waals surface area contributed by atoms with Gasteiger partial charge in [-0.15, -0.1) is 0 Å². The van der Waals surface area contributed by atoms with E-state index in [0.29, 0.717) is 0 Å². The molecule has 0 bridgehead atoms. The van der Waals surface area contributed by atoms with Crippen LogP contribution >= 0.6 is 0 Å². The van der Waals surface area contributed by atoms with Crippen molar-refractivity contribution < 1.29 is 0 Å². The van der Waals surface area contributed by atoms with Crippen molar-refractivity contribution >= 4 is 0 Å². The van der Waals surface area contributed by atoms with Gasteiger partial charge in [0.15, 0.2) is 0 Å². The van der Waals surface area contributed by atoms with E-state index in [1.807, 2.05) is 0 Å². The van der Waals surface area contributed by atoms with Gasteiger partial charge in [0.2, 0.25) is 0 Å². The van der Waals surface area contributed by atoms with Crippen molar-refractivity contribution in [1.29, 1.82) is 0 Å². The first kappa shape index (κ1) is 5.62. The molecule has 0 heteroatoms. The van der Waals surface area contributed by atoms with Crippen molar-refractivity contribution in [3.8, 4) is 0 Å². The Labute approximate surface area is 63.0 Å². The normalized spacial score (nSPS) is 52.2. The number of fused-ring (bicyclic) bond motifs is 1. The quantitative estimate of drug-likeness (QED) is 0.520. The summed E-state index contributed by atoms with van der Waals surface area (Å²) in [6, 6.07) is 0. The zero-order valence-corrected chi connectivity index (χ0v) is 6.55. The molecule has 0 heterocycles. The fourth-order valence-electron chi connectivity index (χ4n) is 3.20. The minimum Gasteiger partial charge on any atom is -0.0528 e. The third-order valence-corrected chi connectivity index (χ3v) is 4.15. The number of hydrogen-bond donors (Lipinski definition) is 0. The molecule has 3 fully saturated rings. The summed E-state index contributed by atoms with van der Waals surface area (Å²) in [6.07, 6.45) is 9.49. The third kappa shape index (κ3) is 0.627. The number of hydrogen-bond acceptors (Lipinski definition) is 0. The Morgan fingerprint density at radius 2 is 1.60 bits per heavy atom. The minimum absolute atomic E-state index is 1.19. The highest BCUT2D eigenvalue weighted by atomic mass is 14.6. The Kier molecular flexibility index (Phi) is 1.00. The highest BCUT2D eigenvalue weighted by Gasteiger charge is 2.50. The third-order valence-electron chi connectivity index (χ3n) is 4.15. The van der Waals surface area contributed by atoms with Crippen molar-refractivity contribution in [2.45, 2.75) is 38.5 Å². The van der Waals surface area contributed by atoms with Crippen molar-refractivity contribution in [2.75, 3.05) is 0 Å². The molecule has 0 aliphatic heterocycles. The molecule has 10 heavy (non-hydrogen) atoms. The summed E-state index contributed by atoms with van der Waals surface area (Å²) in [5, 5.41) is 0. The molecule has 0 aromatic carbocycles. The van der Waals surface area contributed by atoms with Crippen LogP contribution in [0.15, 0.2) is 0 Å². The van der Waals surface area contributed by atoms with E-state index in [4.69, 9.17) is 0 Å². The summed E-state index contributed by atoms with van der Waals surface area (Å²) >= 11 is 0. The lowest BCUT2D eigenvalue weighted by atomic mass is 9.74. The average molecular weight is 136 g/mol. The van der Waals surface area contributed by atoms with Crippen LogP contribution in [0.4, 0.5) is 0 Å². The van der Waals surface area contributed by atoms with E-state index in [9.17, 15) is 0 Å². The summed E-state index contributed by atoms with van der Waals surface area (Å²) in [4.78, 5) is 0. The van der Waals surface area contributed by atoms with Gasteiger partial charge in [0.1, 0.15) is 0 Å². The van der Waals surface area contributed by atoms with Gasteiger partial charge in [0.25, 0.3) is 0 Å². The minimum atomic E-state index is 1.19. The van der Waals surface area contributed by atoms with Crippen molar-refractivity contribution in [3.63, 3.8) is 0 Å². The van der Waals surface area contributed by atoms with Gasteiger partial charge in [-0.2, -0.15) is 0 Å². The zero-order valence-electron chi connectivity index (χ0n) is 6.55. The smallest absolute Gasteiger partial charge is 0.0352 e. The Hall–Kier alpha value is 0. The fourth-order valence-corrected chi connectivity index (χ4v) is 3.20. The van der Waals surface area contributed by atoms with E-state index in [-0.39, 0.29) is 0 Å². The van der Waals surface area contributed by atoms with E-state index < -0.39 is 0 Å². The SMILES string of the molecule is C1CC(C2CCC3CC32)C1. The Bertz CT molecular complexity index is 146. The van der Waals surface area contributed by atoms with Crippen molar-refractivity contribution in [3.05, 3.63) is 0 Å². The van der Waals surface area contributed by atoms with Crippen LogP contribution in [0.5, 0.6) is 0 Å². The molecule has 0 amide bonds. The summed E-state index contributed by atoms with van der Waals surface area (Å²) in [5.74, 6) is 4.84. The largest absolute Gasteiger partial charge is 0.0528 e. The first-order valence-corrected chi connectivity index (χ1v) is 4.95. The second kappa shape index (κ2) is 1.78. The molecule has 0 N–H and O–H groups in total. The lowest BCUT2D eigenvalue weighted by Crippen LogP contribution is -2.21. The number of rotatable bonds is 1. The topological polar surface area (TPSA) is 0 Å². The van der Waals surface area contributed by atoms with Crippen LogP contribution in [0.1, 0.15) is 38.5 Å². The standard InChI is InChI=1S/C10H16/c1-2-7(3-1)9-5-4-8-6-10(8)9/h7-10H,1-6H2. The van der Waals surface area contributed by atoms with E-state index >= 15 is 0 Å². The molecule has 0 nitrogen and oxygen atoms in total. The average Bonchev–Trinajstić information content (AvgIpc) is 2.48. The second-order valence-electron chi connectivity index (χ2n) is 4.59. The maximum absolute atomic E-state index is 1.61. The van der Waals surface area contributed by atoms with Crippen LogP contribution in [0.2, 0.25) is 0 Å². The van der Waals surface area contributed by atoms with Crippen LogP contribution < -0.4 is 0 Å². The maximum Gasteiger partial charge on any atom is -0.0352 e. The van der Waals surface area contributed by atoms with Gasteiger partial charge < -0.3 is 0 Å². The summed E-state index contributed by atoms with van der Waals surface area (Å²) < 4.78 is 0. The van der Waals surface area contributed by atoms with Gasteiger partial charge in [0, 0.05) is 0 Å². The van der Waals surface area contributed by atoms with E-state index in [1.54, 1.807) is 38.5 Å². The molecule has 3 aliphatic rings. The monoisotopic (exact) mass is 136 g/mol. The van der Waals surface area contributed by atoms with E-state index in [2.05, 4.69) is 0 Å². The van der Waals surface area contributed by atoms with E-state index in [0.717, 1.165) is 0 Å². The van der Waals surface area contributed by atoms with Gasteiger partial charge in [-0.3, -0.25) is 0 Å². The molecular weight excluding hydrogens is 120 g/mol. The van der Waals surface area contributed by atoms with Crippen LogP contribution in [0, 0.1) is 23.7 Å². The molecule has 3 unspecified atom stereocenters. The predicted molar refractivity (Wildman–Crippen MR) is 41.7 cm³/mol. The Morgan fingerprint density at radius 1 is 0.700 bits per heavy atom.